The van der Waals surface area contributed by atoms with Gasteiger partial charge in [-0.3, -0.25) is 9.59 Å². The first-order chi connectivity index (χ1) is 16.0. The van der Waals surface area contributed by atoms with E-state index in [2.05, 4.69) is 16.7 Å². The molecule has 0 fully saturated rings. The van der Waals surface area contributed by atoms with E-state index in [9.17, 15) is 28.0 Å². The SMILES string of the molecule is CC(=O)C1=C(C)NC(SCC(=O)Nc2cccc(C(F)(F)F)c2)=C(C#N)C1c1ccc(Cl)cc1. The summed E-state index contributed by atoms with van der Waals surface area (Å²) >= 11 is 7.01. The van der Waals surface area contributed by atoms with Gasteiger partial charge in [0.1, 0.15) is 0 Å². The number of ketones is 1. The van der Waals surface area contributed by atoms with Crippen molar-refractivity contribution in [2.45, 2.75) is 25.9 Å². The predicted molar refractivity (Wildman–Crippen MR) is 126 cm³/mol. The highest BCUT2D eigenvalue weighted by Crippen LogP contribution is 2.41. The van der Waals surface area contributed by atoms with Crippen LogP contribution in [-0.4, -0.2) is 17.4 Å². The first-order valence-corrected chi connectivity index (χ1v) is 11.4. The molecule has 5 nitrogen and oxygen atoms in total. The van der Waals surface area contributed by atoms with E-state index in [1.54, 1.807) is 31.2 Å². The summed E-state index contributed by atoms with van der Waals surface area (Å²) in [4.78, 5) is 24.8. The molecule has 2 aromatic carbocycles. The van der Waals surface area contributed by atoms with Crippen molar-refractivity contribution in [2.24, 2.45) is 0 Å². The van der Waals surface area contributed by atoms with Gasteiger partial charge < -0.3 is 10.6 Å². The molecule has 2 N–H and O–H groups in total. The second-order valence-electron chi connectivity index (χ2n) is 7.47. The largest absolute Gasteiger partial charge is 0.416 e. The Morgan fingerprint density at radius 1 is 1.21 bits per heavy atom. The van der Waals surface area contributed by atoms with Crippen LogP contribution in [0.4, 0.5) is 18.9 Å². The van der Waals surface area contributed by atoms with Crippen LogP contribution in [0.5, 0.6) is 0 Å². The number of carbonyl (C=O) groups is 2. The zero-order valence-electron chi connectivity index (χ0n) is 18.1. The number of dihydropyridines is 1. The number of nitrogens with zero attached hydrogens (tertiary/aromatic N) is 1. The molecule has 0 saturated carbocycles. The molecule has 0 bridgehead atoms. The lowest BCUT2D eigenvalue weighted by molar-refractivity contribution is -0.137. The monoisotopic (exact) mass is 505 g/mol. The van der Waals surface area contributed by atoms with Gasteiger partial charge in [0.2, 0.25) is 5.91 Å². The third-order valence-corrected chi connectivity index (χ3v) is 6.32. The minimum atomic E-state index is -4.52. The Morgan fingerprint density at radius 2 is 1.88 bits per heavy atom. The van der Waals surface area contributed by atoms with E-state index in [0.29, 0.717) is 26.9 Å². The first kappa shape index (κ1) is 25.4. The van der Waals surface area contributed by atoms with Crippen molar-refractivity contribution in [3.63, 3.8) is 0 Å². The Kier molecular flexibility index (Phi) is 7.75. The molecule has 1 atom stereocenters. The third-order valence-electron chi connectivity index (χ3n) is 5.05. The molecule has 1 unspecified atom stereocenters. The second-order valence-corrected chi connectivity index (χ2v) is 8.90. The van der Waals surface area contributed by atoms with Crippen LogP contribution in [0.1, 0.15) is 30.9 Å². The Balaban J connectivity index is 1.84. The molecular weight excluding hydrogens is 487 g/mol. The van der Waals surface area contributed by atoms with Crippen LogP contribution in [-0.2, 0) is 15.8 Å². The number of Topliss-reactive ketones (excluding diaryl/α,β-unsaturated/α-hetero) is 1. The lowest BCUT2D eigenvalue weighted by Crippen LogP contribution is -2.27. The van der Waals surface area contributed by atoms with Crippen molar-refractivity contribution in [2.75, 3.05) is 11.1 Å². The Hall–Kier alpha value is -3.22. The molecule has 1 aliphatic rings. The highest BCUT2D eigenvalue weighted by molar-refractivity contribution is 8.03. The van der Waals surface area contributed by atoms with Crippen LogP contribution in [0.15, 0.2) is 70.4 Å². The van der Waals surface area contributed by atoms with Gasteiger partial charge in [-0.2, -0.15) is 18.4 Å². The lowest BCUT2D eigenvalue weighted by Gasteiger charge is -2.29. The lowest BCUT2D eigenvalue weighted by atomic mass is 9.81. The molecule has 1 amide bonds. The zero-order chi connectivity index (χ0) is 25.0. The molecular formula is C24H19ClF3N3O2S. The maximum Gasteiger partial charge on any atom is 0.416 e. The molecule has 0 spiro atoms. The average Bonchev–Trinajstić information content (AvgIpc) is 2.77. The number of anilines is 1. The van der Waals surface area contributed by atoms with Crippen LogP contribution >= 0.6 is 23.4 Å². The molecule has 0 radical (unpaired) electrons. The summed E-state index contributed by atoms with van der Waals surface area (Å²) < 4.78 is 38.7. The molecule has 1 aliphatic heterocycles. The van der Waals surface area contributed by atoms with Gasteiger partial charge in [0.15, 0.2) is 5.78 Å². The van der Waals surface area contributed by atoms with Crippen molar-refractivity contribution < 1.29 is 22.8 Å². The molecule has 10 heteroatoms. The molecule has 176 valence electrons. The number of benzene rings is 2. The van der Waals surface area contributed by atoms with E-state index >= 15 is 0 Å². The summed E-state index contributed by atoms with van der Waals surface area (Å²) in [6.07, 6.45) is -4.52. The summed E-state index contributed by atoms with van der Waals surface area (Å²) in [5.41, 5.74) is 1.07. The number of hydrogen-bond donors (Lipinski definition) is 2. The Bertz CT molecular complexity index is 1230. The molecule has 0 aromatic heterocycles. The van der Waals surface area contributed by atoms with Crippen molar-refractivity contribution in [3.05, 3.63) is 86.6 Å². The highest BCUT2D eigenvalue weighted by atomic mass is 35.5. The topological polar surface area (TPSA) is 82.0 Å². The summed E-state index contributed by atoms with van der Waals surface area (Å²) in [6.45, 7) is 3.12. The van der Waals surface area contributed by atoms with Gasteiger partial charge in [-0.25, -0.2) is 0 Å². The number of alkyl halides is 3. The molecule has 2 aromatic rings. The smallest absolute Gasteiger partial charge is 0.353 e. The van der Waals surface area contributed by atoms with Crippen LogP contribution in [0, 0.1) is 11.3 Å². The fourth-order valence-corrected chi connectivity index (χ4v) is 4.61. The van der Waals surface area contributed by atoms with Gasteiger partial charge >= 0.3 is 6.18 Å². The van der Waals surface area contributed by atoms with Crippen molar-refractivity contribution in [1.82, 2.24) is 5.32 Å². The number of rotatable bonds is 6. The van der Waals surface area contributed by atoms with Crippen molar-refractivity contribution in [1.29, 1.82) is 5.26 Å². The number of amides is 1. The van der Waals surface area contributed by atoms with Gasteiger partial charge in [-0.15, -0.1) is 0 Å². The normalized spacial score (nSPS) is 16.1. The molecule has 0 aliphatic carbocycles. The van der Waals surface area contributed by atoms with Gasteiger partial charge in [0, 0.05) is 22.0 Å². The third kappa shape index (κ3) is 5.82. The van der Waals surface area contributed by atoms with E-state index in [-0.39, 0.29) is 22.8 Å². The molecule has 34 heavy (non-hydrogen) atoms. The standard InChI is InChI=1S/C24H19ClF3N3O2S/c1-13-21(14(2)32)22(15-6-8-17(25)9-7-15)19(11-29)23(30-13)34-12-20(33)31-18-5-3-4-16(10-18)24(26,27)28/h3-10,22,30H,12H2,1-2H3,(H,31,33). The maximum absolute atomic E-state index is 12.9. The quantitative estimate of drug-likeness (QED) is 0.502. The zero-order valence-corrected chi connectivity index (χ0v) is 19.7. The number of halogens is 4. The maximum atomic E-state index is 12.9. The van der Waals surface area contributed by atoms with Gasteiger partial charge in [0.05, 0.1) is 33.9 Å². The van der Waals surface area contributed by atoms with Crippen LogP contribution in [0.3, 0.4) is 0 Å². The van der Waals surface area contributed by atoms with Crippen molar-refractivity contribution >= 4 is 40.7 Å². The second kappa shape index (κ2) is 10.4. The van der Waals surface area contributed by atoms with Gasteiger partial charge in [-0.05, 0) is 49.7 Å². The molecule has 1 heterocycles. The minimum absolute atomic E-state index is 0.0143. The van der Waals surface area contributed by atoms with E-state index in [1.807, 2.05) is 0 Å². The van der Waals surface area contributed by atoms with E-state index in [1.165, 1.54) is 19.1 Å². The average molecular weight is 506 g/mol. The van der Waals surface area contributed by atoms with Crippen molar-refractivity contribution in [3.8, 4) is 6.07 Å². The Morgan fingerprint density at radius 3 is 2.47 bits per heavy atom. The molecule has 0 saturated heterocycles. The number of allylic oxidation sites excluding steroid dienone is 3. The number of thioether (sulfide) groups is 1. The van der Waals surface area contributed by atoms with E-state index in [0.717, 1.165) is 23.9 Å². The summed E-state index contributed by atoms with van der Waals surface area (Å²) in [6, 6.07) is 13.3. The Labute approximate surface area is 203 Å². The fourth-order valence-electron chi connectivity index (χ4n) is 3.59. The van der Waals surface area contributed by atoms with Crippen LogP contribution in [0.25, 0.3) is 0 Å². The predicted octanol–water partition coefficient (Wildman–Crippen LogP) is 6.02. The van der Waals surface area contributed by atoms with Crippen LogP contribution in [0.2, 0.25) is 5.02 Å². The summed E-state index contributed by atoms with van der Waals surface area (Å²) in [7, 11) is 0. The van der Waals surface area contributed by atoms with Gasteiger partial charge in [0.25, 0.3) is 0 Å². The van der Waals surface area contributed by atoms with Crippen LogP contribution < -0.4 is 10.6 Å². The number of nitrogens with one attached hydrogen (secondary N) is 2. The minimum Gasteiger partial charge on any atom is -0.353 e. The number of nitriles is 1. The first-order valence-electron chi connectivity index (χ1n) is 9.99. The summed E-state index contributed by atoms with van der Waals surface area (Å²) in [5.74, 6) is -1.56. The highest BCUT2D eigenvalue weighted by Gasteiger charge is 2.33. The number of carbonyl (C=O) groups excluding carboxylic acids is 2. The fraction of sp³-hybridized carbons (Fsp3) is 0.208. The summed E-state index contributed by atoms with van der Waals surface area (Å²) in [5, 5.41) is 16.3. The number of hydrogen-bond acceptors (Lipinski definition) is 5. The molecule has 3 rings (SSSR count). The van der Waals surface area contributed by atoms with E-state index in [4.69, 9.17) is 11.6 Å². The van der Waals surface area contributed by atoms with Gasteiger partial charge in [-0.1, -0.05) is 41.6 Å². The van der Waals surface area contributed by atoms with E-state index < -0.39 is 23.6 Å².